The number of nitrogens with two attached hydrogens (primary N) is 1. The van der Waals surface area contributed by atoms with E-state index in [0.29, 0.717) is 6.42 Å². The van der Waals surface area contributed by atoms with Gasteiger partial charge in [-0.05, 0) is 37.3 Å². The Morgan fingerprint density at radius 1 is 1.73 bits per heavy atom. The molecule has 1 atom stereocenters. The van der Waals surface area contributed by atoms with Gasteiger partial charge < -0.3 is 10.8 Å². The Kier molecular flexibility index (Phi) is 2.56. The minimum atomic E-state index is -1.13. The third kappa shape index (κ3) is 1.58. The molecule has 4 heteroatoms. The van der Waals surface area contributed by atoms with E-state index in [1.807, 2.05) is 0 Å². The molecule has 1 heterocycles. The van der Waals surface area contributed by atoms with E-state index in [4.69, 9.17) is 5.73 Å². The Bertz CT molecular complexity index is 399. The summed E-state index contributed by atoms with van der Waals surface area (Å²) in [6, 6.07) is 2.11. The number of carboxylic acids is 1. The Labute approximate surface area is 92.9 Å². The average Bonchev–Trinajstić information content (AvgIpc) is 2.62. The number of hydrogen-bond donors (Lipinski definition) is 2. The van der Waals surface area contributed by atoms with Crippen LogP contribution in [0.2, 0.25) is 0 Å². The monoisotopic (exact) mass is 225 g/mol. The number of hydrogen-bond acceptors (Lipinski definition) is 3. The lowest BCUT2D eigenvalue weighted by Gasteiger charge is -2.28. The highest BCUT2D eigenvalue weighted by molar-refractivity contribution is 7.12. The Balaban J connectivity index is 2.50. The number of fused-ring (bicyclic) bond motifs is 1. The zero-order chi connectivity index (χ0) is 11.1. The molecular formula is C11H15NO2S. The van der Waals surface area contributed by atoms with Gasteiger partial charge in [-0.15, -0.1) is 11.3 Å². The molecule has 0 saturated heterocycles. The molecule has 0 saturated carbocycles. The summed E-state index contributed by atoms with van der Waals surface area (Å²) >= 11 is 1.56. The van der Waals surface area contributed by atoms with Gasteiger partial charge in [0.05, 0.1) is 0 Å². The Morgan fingerprint density at radius 2 is 2.47 bits per heavy atom. The molecule has 1 aliphatic rings. The molecule has 0 fully saturated rings. The van der Waals surface area contributed by atoms with Gasteiger partial charge in [-0.2, -0.15) is 0 Å². The fourth-order valence-electron chi connectivity index (χ4n) is 2.10. The first kappa shape index (κ1) is 10.6. The van der Waals surface area contributed by atoms with E-state index in [1.165, 1.54) is 4.88 Å². The molecule has 0 amide bonds. The van der Waals surface area contributed by atoms with Crippen LogP contribution in [0, 0.1) is 0 Å². The van der Waals surface area contributed by atoms with E-state index in [1.54, 1.807) is 11.3 Å². The molecule has 2 rings (SSSR count). The predicted octanol–water partition coefficient (Wildman–Crippen LogP) is 1.89. The lowest BCUT2D eigenvalue weighted by atomic mass is 9.83. The van der Waals surface area contributed by atoms with Gasteiger partial charge in [0.1, 0.15) is 5.54 Å². The average molecular weight is 225 g/mol. The Hall–Kier alpha value is -0.870. The summed E-state index contributed by atoms with van der Waals surface area (Å²) in [6.45, 7) is 2.08. The van der Waals surface area contributed by atoms with Crippen molar-refractivity contribution in [3.8, 4) is 0 Å². The maximum atomic E-state index is 11.2. The van der Waals surface area contributed by atoms with Crippen molar-refractivity contribution < 1.29 is 9.90 Å². The Morgan fingerprint density at radius 3 is 3.07 bits per heavy atom. The zero-order valence-electron chi connectivity index (χ0n) is 8.75. The van der Waals surface area contributed by atoms with Crippen molar-refractivity contribution >= 4 is 17.3 Å². The van der Waals surface area contributed by atoms with E-state index in [9.17, 15) is 9.90 Å². The van der Waals surface area contributed by atoms with Crippen molar-refractivity contribution in [2.45, 2.75) is 38.1 Å². The van der Waals surface area contributed by atoms with E-state index in [-0.39, 0.29) is 0 Å². The molecule has 15 heavy (non-hydrogen) atoms. The van der Waals surface area contributed by atoms with E-state index < -0.39 is 11.5 Å². The highest BCUT2D eigenvalue weighted by Crippen LogP contribution is 2.39. The van der Waals surface area contributed by atoms with Crippen LogP contribution in [0.1, 0.15) is 35.1 Å². The van der Waals surface area contributed by atoms with Gasteiger partial charge >= 0.3 is 5.97 Å². The van der Waals surface area contributed by atoms with Crippen molar-refractivity contribution in [1.29, 1.82) is 0 Å². The summed E-state index contributed by atoms with van der Waals surface area (Å²) in [5, 5.41) is 9.21. The molecule has 0 aromatic carbocycles. The highest BCUT2D eigenvalue weighted by Gasteiger charge is 2.41. The smallest absolute Gasteiger partial charge is 0.329 e. The molecule has 1 unspecified atom stereocenters. The van der Waals surface area contributed by atoms with Crippen molar-refractivity contribution in [2.75, 3.05) is 0 Å². The standard InChI is InChI=1S/C11H15NO2S/c1-2-8-6-7-4-3-5-11(12,10(13)14)9(7)15-8/h6H,2-5,12H2,1H3,(H,13,14). The van der Waals surface area contributed by atoms with Crippen LogP contribution in [0.25, 0.3) is 0 Å². The molecule has 1 aromatic rings. The van der Waals surface area contributed by atoms with E-state index in [2.05, 4.69) is 13.0 Å². The molecule has 1 aromatic heterocycles. The fourth-order valence-corrected chi connectivity index (χ4v) is 3.37. The van der Waals surface area contributed by atoms with Crippen molar-refractivity contribution in [3.05, 3.63) is 21.4 Å². The van der Waals surface area contributed by atoms with Crippen molar-refractivity contribution in [2.24, 2.45) is 5.73 Å². The van der Waals surface area contributed by atoms with Gasteiger partial charge in [-0.3, -0.25) is 0 Å². The number of thiophene rings is 1. The van der Waals surface area contributed by atoms with Crippen molar-refractivity contribution in [1.82, 2.24) is 0 Å². The van der Waals surface area contributed by atoms with Gasteiger partial charge in [0.2, 0.25) is 0 Å². The maximum absolute atomic E-state index is 11.2. The van der Waals surface area contributed by atoms with Crippen LogP contribution in [-0.4, -0.2) is 11.1 Å². The van der Waals surface area contributed by atoms with Gasteiger partial charge in [-0.1, -0.05) is 6.92 Å². The molecule has 3 nitrogen and oxygen atoms in total. The van der Waals surface area contributed by atoms with Crippen LogP contribution in [0.15, 0.2) is 6.07 Å². The van der Waals surface area contributed by atoms with Crippen LogP contribution in [0.5, 0.6) is 0 Å². The molecule has 1 aliphatic carbocycles. The highest BCUT2D eigenvalue weighted by atomic mass is 32.1. The largest absolute Gasteiger partial charge is 0.480 e. The normalized spacial score (nSPS) is 24.9. The third-order valence-electron chi connectivity index (χ3n) is 3.01. The van der Waals surface area contributed by atoms with Gasteiger partial charge in [0, 0.05) is 9.75 Å². The number of carbonyl (C=O) groups is 1. The summed E-state index contributed by atoms with van der Waals surface area (Å²) in [4.78, 5) is 13.3. The number of aliphatic carboxylic acids is 1. The molecule has 0 aliphatic heterocycles. The quantitative estimate of drug-likeness (QED) is 0.807. The lowest BCUT2D eigenvalue weighted by molar-refractivity contribution is -0.144. The maximum Gasteiger partial charge on any atom is 0.329 e. The predicted molar refractivity (Wildman–Crippen MR) is 60.1 cm³/mol. The second-order valence-corrected chi connectivity index (χ2v) is 5.19. The van der Waals surface area contributed by atoms with Crippen LogP contribution < -0.4 is 5.73 Å². The number of carboxylic acid groups (broad SMARTS) is 1. The first-order chi connectivity index (χ1) is 7.08. The zero-order valence-corrected chi connectivity index (χ0v) is 9.56. The summed E-state index contributed by atoms with van der Waals surface area (Å²) < 4.78 is 0. The topological polar surface area (TPSA) is 63.3 Å². The summed E-state index contributed by atoms with van der Waals surface area (Å²) in [6.07, 6.45) is 3.35. The summed E-state index contributed by atoms with van der Waals surface area (Å²) in [5.41, 5.74) is 6.01. The summed E-state index contributed by atoms with van der Waals surface area (Å²) in [7, 11) is 0. The fraction of sp³-hybridized carbons (Fsp3) is 0.545. The van der Waals surface area contributed by atoms with Crippen LogP contribution in [0.4, 0.5) is 0 Å². The molecule has 0 bridgehead atoms. The van der Waals surface area contributed by atoms with Gasteiger partial charge in [0.15, 0.2) is 0 Å². The molecule has 3 N–H and O–H groups in total. The lowest BCUT2D eigenvalue weighted by Crippen LogP contribution is -2.46. The minimum Gasteiger partial charge on any atom is -0.480 e. The molecule has 0 spiro atoms. The van der Waals surface area contributed by atoms with Gasteiger partial charge in [0.25, 0.3) is 0 Å². The van der Waals surface area contributed by atoms with Gasteiger partial charge in [-0.25, -0.2) is 4.79 Å². The van der Waals surface area contributed by atoms with E-state index in [0.717, 1.165) is 29.7 Å². The molecule has 82 valence electrons. The van der Waals surface area contributed by atoms with Crippen LogP contribution in [-0.2, 0) is 23.2 Å². The first-order valence-corrected chi connectivity index (χ1v) is 6.04. The first-order valence-electron chi connectivity index (χ1n) is 5.22. The SMILES string of the molecule is CCc1cc2c(s1)C(N)(C(=O)O)CCC2. The second-order valence-electron chi connectivity index (χ2n) is 4.05. The number of aryl methyl sites for hydroxylation is 2. The molecule has 0 radical (unpaired) electrons. The van der Waals surface area contributed by atoms with Crippen molar-refractivity contribution in [3.63, 3.8) is 0 Å². The van der Waals surface area contributed by atoms with Crippen LogP contribution >= 0.6 is 11.3 Å². The van der Waals surface area contributed by atoms with E-state index >= 15 is 0 Å². The van der Waals surface area contributed by atoms with Crippen LogP contribution in [0.3, 0.4) is 0 Å². The minimum absolute atomic E-state index is 0.555. The molecular weight excluding hydrogens is 210 g/mol. The second kappa shape index (κ2) is 3.61. The number of rotatable bonds is 2. The third-order valence-corrected chi connectivity index (χ3v) is 4.51. The summed E-state index contributed by atoms with van der Waals surface area (Å²) in [5.74, 6) is -0.895.